The van der Waals surface area contributed by atoms with Gasteiger partial charge < -0.3 is 10.2 Å². The Labute approximate surface area is 107 Å². The monoisotopic (exact) mass is 246 g/mol. The third-order valence-electron chi connectivity index (χ3n) is 3.19. The number of aryl methyl sites for hydroxylation is 2. The van der Waals surface area contributed by atoms with Crippen LogP contribution in [0.25, 0.3) is 0 Å². The van der Waals surface area contributed by atoms with E-state index in [1.807, 2.05) is 26.0 Å². The first-order valence-electron chi connectivity index (χ1n) is 6.10. The highest BCUT2D eigenvalue weighted by molar-refractivity contribution is 5.94. The molecule has 1 saturated heterocycles. The number of hydrogen-bond acceptors (Lipinski definition) is 2. The van der Waals surface area contributed by atoms with Crippen molar-refractivity contribution in [1.29, 1.82) is 0 Å². The molecule has 0 unspecified atom stereocenters. The summed E-state index contributed by atoms with van der Waals surface area (Å²) in [6.07, 6.45) is 0. The molecule has 1 aliphatic heterocycles. The molecule has 0 spiro atoms. The lowest BCUT2D eigenvalue weighted by atomic mass is 9.99. The maximum absolute atomic E-state index is 11.9. The number of likely N-dealkylation sites (tertiary alicyclic amines) is 1. The van der Waals surface area contributed by atoms with Gasteiger partial charge in [-0.1, -0.05) is 6.07 Å². The van der Waals surface area contributed by atoms with Crippen LogP contribution in [0.1, 0.15) is 18.1 Å². The van der Waals surface area contributed by atoms with Crippen LogP contribution in [0.4, 0.5) is 5.69 Å². The number of carbonyl (C=O) groups excluding carboxylic acids is 2. The van der Waals surface area contributed by atoms with Gasteiger partial charge in [0.05, 0.1) is 5.92 Å². The van der Waals surface area contributed by atoms with Gasteiger partial charge in [0.15, 0.2) is 0 Å². The van der Waals surface area contributed by atoms with Crippen molar-refractivity contribution >= 4 is 17.5 Å². The van der Waals surface area contributed by atoms with Crippen molar-refractivity contribution in [1.82, 2.24) is 4.90 Å². The summed E-state index contributed by atoms with van der Waals surface area (Å²) in [4.78, 5) is 24.6. The molecule has 4 heteroatoms. The fourth-order valence-electron chi connectivity index (χ4n) is 2.19. The zero-order chi connectivity index (χ0) is 13.3. The van der Waals surface area contributed by atoms with Crippen molar-refractivity contribution in [3.63, 3.8) is 0 Å². The molecule has 2 amide bonds. The van der Waals surface area contributed by atoms with Gasteiger partial charge in [-0.3, -0.25) is 9.59 Å². The maximum Gasteiger partial charge on any atom is 0.231 e. The smallest absolute Gasteiger partial charge is 0.231 e. The molecule has 0 saturated carbocycles. The predicted molar refractivity (Wildman–Crippen MR) is 70.3 cm³/mol. The Morgan fingerprint density at radius 1 is 1.17 bits per heavy atom. The summed E-state index contributed by atoms with van der Waals surface area (Å²) < 4.78 is 0. The minimum Gasteiger partial charge on any atom is -0.341 e. The van der Waals surface area contributed by atoms with E-state index in [9.17, 15) is 9.59 Å². The molecule has 1 fully saturated rings. The average molecular weight is 246 g/mol. The van der Waals surface area contributed by atoms with Crippen molar-refractivity contribution in [3.05, 3.63) is 29.3 Å². The largest absolute Gasteiger partial charge is 0.341 e. The lowest BCUT2D eigenvalue weighted by molar-refractivity contribution is -0.139. The molecule has 1 heterocycles. The van der Waals surface area contributed by atoms with Crippen molar-refractivity contribution in [2.24, 2.45) is 5.92 Å². The van der Waals surface area contributed by atoms with Crippen LogP contribution in [-0.2, 0) is 9.59 Å². The van der Waals surface area contributed by atoms with E-state index in [4.69, 9.17) is 0 Å². The SMILES string of the molecule is CC(=O)N1CC(C(=O)Nc2cc(C)cc(C)c2)C1. The van der Waals surface area contributed by atoms with E-state index in [1.165, 1.54) is 6.92 Å². The van der Waals surface area contributed by atoms with Gasteiger partial charge in [0.2, 0.25) is 11.8 Å². The fourth-order valence-corrected chi connectivity index (χ4v) is 2.19. The fraction of sp³-hybridized carbons (Fsp3) is 0.429. The summed E-state index contributed by atoms with van der Waals surface area (Å²) in [5.41, 5.74) is 3.09. The highest BCUT2D eigenvalue weighted by atomic mass is 16.2. The van der Waals surface area contributed by atoms with Crippen LogP contribution in [0, 0.1) is 19.8 Å². The molecule has 0 atom stereocenters. The molecule has 1 aliphatic rings. The predicted octanol–water partition coefficient (Wildman–Crippen LogP) is 1.72. The Hall–Kier alpha value is -1.84. The first-order chi connectivity index (χ1) is 8.45. The van der Waals surface area contributed by atoms with Crippen LogP contribution in [0.15, 0.2) is 18.2 Å². The molecule has 1 N–H and O–H groups in total. The standard InChI is InChI=1S/C14H18N2O2/c1-9-4-10(2)6-13(5-9)15-14(18)12-7-16(8-12)11(3)17/h4-6,12H,7-8H2,1-3H3,(H,15,18). The third-order valence-corrected chi connectivity index (χ3v) is 3.19. The number of hydrogen-bond donors (Lipinski definition) is 1. The Kier molecular flexibility index (Phi) is 3.36. The molecular formula is C14H18N2O2. The second-order valence-electron chi connectivity index (χ2n) is 4.99. The van der Waals surface area contributed by atoms with Crippen LogP contribution in [0.3, 0.4) is 0 Å². The van der Waals surface area contributed by atoms with E-state index in [0.717, 1.165) is 16.8 Å². The molecule has 1 aromatic rings. The molecule has 0 radical (unpaired) electrons. The molecular weight excluding hydrogens is 228 g/mol. The normalized spacial score (nSPS) is 15.2. The topological polar surface area (TPSA) is 49.4 Å². The van der Waals surface area contributed by atoms with E-state index < -0.39 is 0 Å². The lowest BCUT2D eigenvalue weighted by Crippen LogP contribution is -2.53. The van der Waals surface area contributed by atoms with Crippen LogP contribution in [-0.4, -0.2) is 29.8 Å². The van der Waals surface area contributed by atoms with Gasteiger partial charge in [0.25, 0.3) is 0 Å². The minimum atomic E-state index is -0.0743. The molecule has 0 bridgehead atoms. The Bertz CT molecular complexity index is 470. The summed E-state index contributed by atoms with van der Waals surface area (Å²) >= 11 is 0. The van der Waals surface area contributed by atoms with E-state index in [1.54, 1.807) is 4.90 Å². The van der Waals surface area contributed by atoms with Crippen LogP contribution >= 0.6 is 0 Å². The van der Waals surface area contributed by atoms with Gasteiger partial charge in [0, 0.05) is 25.7 Å². The van der Waals surface area contributed by atoms with E-state index in [-0.39, 0.29) is 17.7 Å². The highest BCUT2D eigenvalue weighted by Gasteiger charge is 2.33. The average Bonchev–Trinajstić information content (AvgIpc) is 2.11. The lowest BCUT2D eigenvalue weighted by Gasteiger charge is -2.37. The summed E-state index contributed by atoms with van der Waals surface area (Å²) in [5, 5.41) is 2.91. The number of amides is 2. The summed E-state index contributed by atoms with van der Waals surface area (Å²) in [7, 11) is 0. The summed E-state index contributed by atoms with van der Waals surface area (Å²) in [6, 6.07) is 5.97. The van der Waals surface area contributed by atoms with Gasteiger partial charge in [0.1, 0.15) is 0 Å². The Morgan fingerprint density at radius 2 is 1.72 bits per heavy atom. The van der Waals surface area contributed by atoms with E-state index in [2.05, 4.69) is 11.4 Å². The first kappa shape index (κ1) is 12.6. The second-order valence-corrected chi connectivity index (χ2v) is 4.99. The summed E-state index contributed by atoms with van der Waals surface area (Å²) in [5.74, 6) is -0.0438. The van der Waals surface area contributed by atoms with Gasteiger partial charge >= 0.3 is 0 Å². The number of nitrogens with one attached hydrogen (secondary N) is 1. The third kappa shape index (κ3) is 2.70. The van der Waals surface area contributed by atoms with Crippen LogP contribution in [0.2, 0.25) is 0 Å². The van der Waals surface area contributed by atoms with Crippen molar-refractivity contribution in [2.75, 3.05) is 18.4 Å². The van der Waals surface area contributed by atoms with Crippen molar-refractivity contribution < 1.29 is 9.59 Å². The van der Waals surface area contributed by atoms with Crippen molar-refractivity contribution in [3.8, 4) is 0 Å². The summed E-state index contributed by atoms with van der Waals surface area (Å²) in [6.45, 7) is 6.60. The Balaban J connectivity index is 1.94. The number of rotatable bonds is 2. The number of benzene rings is 1. The van der Waals surface area contributed by atoms with Gasteiger partial charge in [-0.05, 0) is 37.1 Å². The van der Waals surface area contributed by atoms with Crippen LogP contribution in [0.5, 0.6) is 0 Å². The molecule has 2 rings (SSSR count). The first-order valence-corrected chi connectivity index (χ1v) is 6.10. The van der Waals surface area contributed by atoms with Crippen molar-refractivity contribution in [2.45, 2.75) is 20.8 Å². The molecule has 18 heavy (non-hydrogen) atoms. The molecule has 1 aromatic carbocycles. The quantitative estimate of drug-likeness (QED) is 0.863. The van der Waals surface area contributed by atoms with Gasteiger partial charge in [-0.15, -0.1) is 0 Å². The van der Waals surface area contributed by atoms with E-state index >= 15 is 0 Å². The second kappa shape index (κ2) is 4.80. The molecule has 96 valence electrons. The number of carbonyl (C=O) groups is 2. The van der Waals surface area contributed by atoms with Gasteiger partial charge in [-0.2, -0.15) is 0 Å². The minimum absolute atomic E-state index is 0.00231. The van der Waals surface area contributed by atoms with Crippen LogP contribution < -0.4 is 5.32 Å². The Morgan fingerprint density at radius 3 is 2.22 bits per heavy atom. The number of nitrogens with zero attached hydrogens (tertiary/aromatic N) is 1. The molecule has 0 aromatic heterocycles. The molecule has 0 aliphatic carbocycles. The highest BCUT2D eigenvalue weighted by Crippen LogP contribution is 2.19. The maximum atomic E-state index is 11.9. The zero-order valence-electron chi connectivity index (χ0n) is 11.0. The zero-order valence-corrected chi connectivity index (χ0v) is 11.0. The number of anilines is 1. The molecule has 4 nitrogen and oxygen atoms in total. The van der Waals surface area contributed by atoms with Gasteiger partial charge in [-0.25, -0.2) is 0 Å². The van der Waals surface area contributed by atoms with E-state index in [0.29, 0.717) is 13.1 Å².